The third-order valence-electron chi connectivity index (χ3n) is 3.40. The zero-order valence-electron chi connectivity index (χ0n) is 8.70. The zero-order valence-corrected chi connectivity index (χ0v) is 8.70. The summed E-state index contributed by atoms with van der Waals surface area (Å²) in [5.74, 6) is 1.52. The lowest BCUT2D eigenvalue weighted by atomic mass is 9.93. The molecule has 0 saturated carbocycles. The number of hydrogen-bond acceptors (Lipinski definition) is 3. The topological polar surface area (TPSA) is 47.3 Å². The molecule has 3 heteroatoms. The third kappa shape index (κ3) is 1.52. The molecule has 0 radical (unpaired) electrons. The fraction of sp³-hybridized carbons (Fsp3) is 0.500. The van der Waals surface area contributed by atoms with E-state index in [-0.39, 0.29) is 6.04 Å². The van der Waals surface area contributed by atoms with E-state index in [2.05, 4.69) is 23.5 Å². The molecular formula is C12H16N2O. The van der Waals surface area contributed by atoms with Crippen LogP contribution in [0.15, 0.2) is 18.2 Å². The molecule has 3 rings (SSSR count). The summed E-state index contributed by atoms with van der Waals surface area (Å²) in [6.07, 6.45) is 1.04. The minimum absolute atomic E-state index is 0.255. The van der Waals surface area contributed by atoms with Gasteiger partial charge < -0.3 is 15.8 Å². The molecule has 0 aromatic heterocycles. The standard InChI is InChI=1S/C12H16N2O/c13-11-7-14-6-10(11)8-1-2-12-9(5-8)3-4-15-12/h1-2,5,10-11,14H,3-4,6-7,13H2/t10-,11+/m1/s1. The number of rotatable bonds is 1. The van der Waals surface area contributed by atoms with Gasteiger partial charge >= 0.3 is 0 Å². The lowest BCUT2D eigenvalue weighted by Gasteiger charge is -2.15. The summed E-state index contributed by atoms with van der Waals surface area (Å²) >= 11 is 0. The Morgan fingerprint density at radius 2 is 2.27 bits per heavy atom. The van der Waals surface area contributed by atoms with E-state index in [1.807, 2.05) is 0 Å². The predicted molar refractivity (Wildman–Crippen MR) is 59.2 cm³/mol. The highest BCUT2D eigenvalue weighted by Gasteiger charge is 2.26. The van der Waals surface area contributed by atoms with Crippen molar-refractivity contribution in [3.63, 3.8) is 0 Å². The van der Waals surface area contributed by atoms with Crippen LogP contribution in [0.25, 0.3) is 0 Å². The Hall–Kier alpha value is -1.06. The van der Waals surface area contributed by atoms with Gasteiger partial charge in [-0.3, -0.25) is 0 Å². The van der Waals surface area contributed by atoms with Crippen LogP contribution >= 0.6 is 0 Å². The number of ether oxygens (including phenoxy) is 1. The predicted octanol–water partition coefficient (Wildman–Crippen LogP) is 0.636. The first kappa shape index (κ1) is 9.19. The van der Waals surface area contributed by atoms with Crippen LogP contribution < -0.4 is 15.8 Å². The van der Waals surface area contributed by atoms with Crippen molar-refractivity contribution in [3.8, 4) is 5.75 Å². The van der Waals surface area contributed by atoms with Crippen LogP contribution in [0.2, 0.25) is 0 Å². The summed E-state index contributed by atoms with van der Waals surface area (Å²) in [4.78, 5) is 0. The molecule has 0 aliphatic carbocycles. The fourth-order valence-electron chi connectivity index (χ4n) is 2.50. The second-order valence-electron chi connectivity index (χ2n) is 4.39. The highest BCUT2D eigenvalue weighted by molar-refractivity contribution is 5.41. The van der Waals surface area contributed by atoms with Crippen LogP contribution in [0.3, 0.4) is 0 Å². The van der Waals surface area contributed by atoms with Crippen molar-refractivity contribution in [2.45, 2.75) is 18.4 Å². The molecule has 1 aromatic carbocycles. The van der Waals surface area contributed by atoms with Gasteiger partial charge in [-0.1, -0.05) is 12.1 Å². The molecule has 0 amide bonds. The van der Waals surface area contributed by atoms with E-state index in [0.717, 1.165) is 31.9 Å². The van der Waals surface area contributed by atoms with Gasteiger partial charge in [0.05, 0.1) is 6.61 Å². The average molecular weight is 204 g/mol. The molecule has 80 valence electrons. The average Bonchev–Trinajstić information content (AvgIpc) is 2.84. The Labute approximate surface area is 89.6 Å². The van der Waals surface area contributed by atoms with Gasteiger partial charge in [0.25, 0.3) is 0 Å². The smallest absolute Gasteiger partial charge is 0.122 e. The summed E-state index contributed by atoms with van der Waals surface area (Å²) in [6.45, 7) is 2.76. The van der Waals surface area contributed by atoms with Crippen molar-refractivity contribution in [3.05, 3.63) is 29.3 Å². The Balaban J connectivity index is 1.92. The minimum atomic E-state index is 0.255. The molecule has 3 nitrogen and oxygen atoms in total. The maximum Gasteiger partial charge on any atom is 0.122 e. The largest absolute Gasteiger partial charge is 0.493 e. The van der Waals surface area contributed by atoms with Crippen molar-refractivity contribution in [2.24, 2.45) is 5.73 Å². The number of nitrogens with two attached hydrogens (primary N) is 1. The first-order chi connectivity index (χ1) is 7.34. The van der Waals surface area contributed by atoms with E-state index in [9.17, 15) is 0 Å². The van der Waals surface area contributed by atoms with E-state index < -0.39 is 0 Å². The Kier molecular flexibility index (Phi) is 2.15. The van der Waals surface area contributed by atoms with E-state index >= 15 is 0 Å². The van der Waals surface area contributed by atoms with E-state index in [1.54, 1.807) is 0 Å². The van der Waals surface area contributed by atoms with Crippen LogP contribution in [0.5, 0.6) is 5.75 Å². The van der Waals surface area contributed by atoms with E-state index in [4.69, 9.17) is 10.5 Å². The molecule has 15 heavy (non-hydrogen) atoms. The monoisotopic (exact) mass is 204 g/mol. The molecule has 2 aliphatic rings. The number of hydrogen-bond donors (Lipinski definition) is 2. The molecule has 2 heterocycles. The number of fused-ring (bicyclic) bond motifs is 1. The second-order valence-corrected chi connectivity index (χ2v) is 4.39. The van der Waals surface area contributed by atoms with Gasteiger partial charge in [-0.2, -0.15) is 0 Å². The lowest BCUT2D eigenvalue weighted by molar-refractivity contribution is 0.357. The number of benzene rings is 1. The van der Waals surface area contributed by atoms with Gasteiger partial charge in [0.1, 0.15) is 5.75 Å². The molecule has 0 bridgehead atoms. The summed E-state index contributed by atoms with van der Waals surface area (Å²) in [6, 6.07) is 6.76. The molecule has 0 unspecified atom stereocenters. The second kappa shape index (κ2) is 3.51. The van der Waals surface area contributed by atoms with Gasteiger partial charge in [-0.15, -0.1) is 0 Å². The molecule has 2 aliphatic heterocycles. The third-order valence-corrected chi connectivity index (χ3v) is 3.40. The normalized spacial score (nSPS) is 28.9. The summed E-state index contributed by atoms with van der Waals surface area (Å²) in [7, 11) is 0. The maximum absolute atomic E-state index is 6.06. The Morgan fingerprint density at radius 1 is 1.33 bits per heavy atom. The van der Waals surface area contributed by atoms with E-state index in [0.29, 0.717) is 5.92 Å². The van der Waals surface area contributed by atoms with Gasteiger partial charge in [0, 0.05) is 31.5 Å². The van der Waals surface area contributed by atoms with Crippen LogP contribution in [-0.4, -0.2) is 25.7 Å². The minimum Gasteiger partial charge on any atom is -0.493 e. The van der Waals surface area contributed by atoms with Crippen molar-refractivity contribution in [1.29, 1.82) is 0 Å². The summed E-state index contributed by atoms with van der Waals surface area (Å²) in [5.41, 5.74) is 8.76. The van der Waals surface area contributed by atoms with Crippen molar-refractivity contribution < 1.29 is 4.74 Å². The molecule has 1 fully saturated rings. The van der Waals surface area contributed by atoms with Gasteiger partial charge in [-0.25, -0.2) is 0 Å². The quantitative estimate of drug-likeness (QED) is 0.705. The summed E-state index contributed by atoms with van der Waals surface area (Å²) < 4.78 is 5.50. The Morgan fingerprint density at radius 3 is 3.07 bits per heavy atom. The fourth-order valence-corrected chi connectivity index (χ4v) is 2.50. The first-order valence-electron chi connectivity index (χ1n) is 5.56. The Bertz CT molecular complexity index is 378. The van der Waals surface area contributed by atoms with Crippen LogP contribution in [0.1, 0.15) is 17.0 Å². The molecular weight excluding hydrogens is 188 g/mol. The molecule has 3 N–H and O–H groups in total. The van der Waals surface area contributed by atoms with Crippen LogP contribution in [0, 0.1) is 0 Å². The SMILES string of the molecule is N[C@H]1CNC[C@@H]1c1ccc2c(c1)CCO2. The number of nitrogens with one attached hydrogen (secondary N) is 1. The van der Waals surface area contributed by atoms with Crippen LogP contribution in [-0.2, 0) is 6.42 Å². The van der Waals surface area contributed by atoms with E-state index in [1.165, 1.54) is 11.1 Å². The highest BCUT2D eigenvalue weighted by atomic mass is 16.5. The lowest BCUT2D eigenvalue weighted by Crippen LogP contribution is -2.27. The molecule has 0 spiro atoms. The summed E-state index contributed by atoms with van der Waals surface area (Å²) in [5, 5.41) is 3.33. The van der Waals surface area contributed by atoms with Gasteiger partial charge in [0.2, 0.25) is 0 Å². The molecule has 1 aromatic rings. The highest BCUT2D eigenvalue weighted by Crippen LogP contribution is 2.30. The van der Waals surface area contributed by atoms with Crippen molar-refractivity contribution >= 4 is 0 Å². The maximum atomic E-state index is 6.06. The van der Waals surface area contributed by atoms with Gasteiger partial charge in [0.15, 0.2) is 0 Å². The van der Waals surface area contributed by atoms with Crippen molar-refractivity contribution in [2.75, 3.05) is 19.7 Å². The van der Waals surface area contributed by atoms with Gasteiger partial charge in [-0.05, 0) is 17.2 Å². The molecule has 2 atom stereocenters. The zero-order chi connectivity index (χ0) is 10.3. The first-order valence-corrected chi connectivity index (χ1v) is 5.56. The van der Waals surface area contributed by atoms with Crippen LogP contribution in [0.4, 0.5) is 0 Å². The molecule has 1 saturated heterocycles. The van der Waals surface area contributed by atoms with Crippen molar-refractivity contribution in [1.82, 2.24) is 5.32 Å².